The highest BCUT2D eigenvalue weighted by molar-refractivity contribution is 5.83. The van der Waals surface area contributed by atoms with Crippen molar-refractivity contribution < 1.29 is 14.7 Å². The quantitative estimate of drug-likeness (QED) is 0.783. The molecular weight excluding hydrogens is 232 g/mol. The van der Waals surface area contributed by atoms with E-state index in [-0.39, 0.29) is 18.7 Å². The Kier molecular flexibility index (Phi) is 4.22. The molecule has 2 fully saturated rings. The number of carbonyl (C=O) groups excluding carboxylic acids is 1. The topological polar surface area (TPSA) is 83.6 Å². The summed E-state index contributed by atoms with van der Waals surface area (Å²) in [6.45, 7) is 0.801. The molecule has 0 aromatic heterocycles. The van der Waals surface area contributed by atoms with Crippen LogP contribution in [0.25, 0.3) is 0 Å². The fraction of sp³-hybridized carbons (Fsp3) is 0.846. The van der Waals surface area contributed by atoms with Crippen LogP contribution >= 0.6 is 0 Å². The lowest BCUT2D eigenvalue weighted by Gasteiger charge is -2.33. The second-order valence-electron chi connectivity index (χ2n) is 5.47. The van der Waals surface area contributed by atoms with Crippen molar-refractivity contribution in [2.75, 3.05) is 6.54 Å². The number of nitrogens with two attached hydrogens (primary N) is 1. The summed E-state index contributed by atoms with van der Waals surface area (Å²) in [5.74, 6) is -0.296. The Bertz CT molecular complexity index is 332. The van der Waals surface area contributed by atoms with E-state index in [0.29, 0.717) is 12.0 Å². The average molecular weight is 254 g/mol. The Balaban J connectivity index is 1.90. The third-order valence-corrected chi connectivity index (χ3v) is 4.28. The standard InChI is InChI=1S/C13H22N2O3/c14-10(5-6-12(16)17)13(18)15-8-7-9-3-1-2-4-11(9)15/h9-11H,1-8,14H2,(H,16,17). The highest BCUT2D eigenvalue weighted by atomic mass is 16.4. The van der Waals surface area contributed by atoms with Crippen molar-refractivity contribution in [2.24, 2.45) is 11.7 Å². The van der Waals surface area contributed by atoms with Gasteiger partial charge in [-0.3, -0.25) is 9.59 Å². The zero-order valence-electron chi connectivity index (χ0n) is 10.7. The van der Waals surface area contributed by atoms with E-state index in [4.69, 9.17) is 10.8 Å². The van der Waals surface area contributed by atoms with Gasteiger partial charge in [0.25, 0.3) is 0 Å². The van der Waals surface area contributed by atoms with E-state index in [1.165, 1.54) is 19.3 Å². The number of carbonyl (C=O) groups is 2. The number of likely N-dealkylation sites (tertiary alicyclic amines) is 1. The maximum absolute atomic E-state index is 12.2. The minimum Gasteiger partial charge on any atom is -0.481 e. The van der Waals surface area contributed by atoms with E-state index < -0.39 is 12.0 Å². The molecule has 3 unspecified atom stereocenters. The van der Waals surface area contributed by atoms with Crippen LogP contribution in [-0.2, 0) is 9.59 Å². The van der Waals surface area contributed by atoms with Crippen molar-refractivity contribution in [3.63, 3.8) is 0 Å². The van der Waals surface area contributed by atoms with Gasteiger partial charge < -0.3 is 15.7 Å². The van der Waals surface area contributed by atoms with Gasteiger partial charge in [0, 0.05) is 19.0 Å². The van der Waals surface area contributed by atoms with Gasteiger partial charge in [-0.25, -0.2) is 0 Å². The molecule has 3 atom stereocenters. The maximum atomic E-state index is 12.2. The van der Waals surface area contributed by atoms with Gasteiger partial charge in [-0.2, -0.15) is 0 Å². The number of hydrogen-bond donors (Lipinski definition) is 2. The van der Waals surface area contributed by atoms with Crippen molar-refractivity contribution in [1.29, 1.82) is 0 Å². The van der Waals surface area contributed by atoms with Gasteiger partial charge in [0.1, 0.15) is 0 Å². The molecule has 5 nitrogen and oxygen atoms in total. The first-order valence-electron chi connectivity index (χ1n) is 6.87. The van der Waals surface area contributed by atoms with Crippen molar-refractivity contribution in [3.8, 4) is 0 Å². The summed E-state index contributed by atoms with van der Waals surface area (Å²) < 4.78 is 0. The number of fused-ring (bicyclic) bond motifs is 1. The lowest BCUT2D eigenvalue weighted by Crippen LogP contribution is -2.47. The fourth-order valence-corrected chi connectivity index (χ4v) is 3.29. The molecule has 5 heteroatoms. The molecule has 3 N–H and O–H groups in total. The average Bonchev–Trinajstić information content (AvgIpc) is 2.78. The van der Waals surface area contributed by atoms with Gasteiger partial charge in [0.15, 0.2) is 0 Å². The summed E-state index contributed by atoms with van der Waals surface area (Å²) in [6.07, 6.45) is 6.06. The minimum absolute atomic E-state index is 0.0329. The molecule has 1 heterocycles. The van der Waals surface area contributed by atoms with E-state index in [1.807, 2.05) is 4.90 Å². The number of carboxylic acid groups (broad SMARTS) is 1. The van der Waals surface area contributed by atoms with Crippen LogP contribution in [0.2, 0.25) is 0 Å². The van der Waals surface area contributed by atoms with E-state index in [2.05, 4.69) is 0 Å². The number of hydrogen-bond acceptors (Lipinski definition) is 3. The molecule has 18 heavy (non-hydrogen) atoms. The van der Waals surface area contributed by atoms with Gasteiger partial charge >= 0.3 is 5.97 Å². The van der Waals surface area contributed by atoms with Crippen LogP contribution in [0, 0.1) is 5.92 Å². The molecule has 102 valence electrons. The number of amides is 1. The fourth-order valence-electron chi connectivity index (χ4n) is 3.29. The zero-order chi connectivity index (χ0) is 13.1. The Morgan fingerprint density at radius 2 is 2.00 bits per heavy atom. The summed E-state index contributed by atoms with van der Waals surface area (Å²) in [4.78, 5) is 24.6. The summed E-state index contributed by atoms with van der Waals surface area (Å²) in [6, 6.07) is -0.288. The van der Waals surface area contributed by atoms with Crippen LogP contribution in [0.4, 0.5) is 0 Å². The monoisotopic (exact) mass is 254 g/mol. The van der Waals surface area contributed by atoms with Gasteiger partial charge in [-0.15, -0.1) is 0 Å². The highest BCUT2D eigenvalue weighted by Crippen LogP contribution is 2.36. The van der Waals surface area contributed by atoms with Crippen LogP contribution in [0.5, 0.6) is 0 Å². The van der Waals surface area contributed by atoms with E-state index >= 15 is 0 Å². The predicted octanol–water partition coefficient (Wildman–Crippen LogP) is 0.970. The Morgan fingerprint density at radius 1 is 1.28 bits per heavy atom. The third-order valence-electron chi connectivity index (χ3n) is 4.28. The molecule has 1 saturated heterocycles. The number of carboxylic acids is 1. The third kappa shape index (κ3) is 2.83. The molecule has 0 radical (unpaired) electrons. The molecule has 0 bridgehead atoms. The van der Waals surface area contributed by atoms with Crippen molar-refractivity contribution in [2.45, 2.75) is 57.0 Å². The molecule has 1 aliphatic carbocycles. The molecule has 0 spiro atoms. The normalized spacial score (nSPS) is 28.8. The van der Waals surface area contributed by atoms with E-state index in [0.717, 1.165) is 19.4 Å². The largest absolute Gasteiger partial charge is 0.481 e. The predicted molar refractivity (Wildman–Crippen MR) is 66.9 cm³/mol. The first-order valence-corrected chi connectivity index (χ1v) is 6.87. The number of nitrogens with zero attached hydrogens (tertiary/aromatic N) is 1. The lowest BCUT2D eigenvalue weighted by atomic mass is 9.85. The summed E-state index contributed by atoms with van der Waals surface area (Å²) in [5, 5.41) is 8.62. The minimum atomic E-state index is -0.893. The molecule has 1 aliphatic heterocycles. The lowest BCUT2D eigenvalue weighted by molar-refractivity contribution is -0.138. The summed E-state index contributed by atoms with van der Waals surface area (Å²) in [5.41, 5.74) is 5.81. The smallest absolute Gasteiger partial charge is 0.303 e. The number of aliphatic carboxylic acids is 1. The van der Waals surface area contributed by atoms with Gasteiger partial charge in [-0.1, -0.05) is 12.8 Å². The Labute approximate surface area is 107 Å². The zero-order valence-corrected chi connectivity index (χ0v) is 10.7. The molecule has 2 rings (SSSR count). The van der Waals surface area contributed by atoms with Crippen molar-refractivity contribution in [3.05, 3.63) is 0 Å². The number of rotatable bonds is 4. The van der Waals surface area contributed by atoms with Crippen molar-refractivity contribution in [1.82, 2.24) is 4.90 Å². The van der Waals surface area contributed by atoms with Crippen LogP contribution in [-0.4, -0.2) is 40.5 Å². The summed E-state index contributed by atoms with van der Waals surface area (Å²) in [7, 11) is 0. The maximum Gasteiger partial charge on any atom is 0.303 e. The second kappa shape index (κ2) is 5.69. The van der Waals surface area contributed by atoms with Gasteiger partial charge in [-0.05, 0) is 31.6 Å². The molecule has 1 amide bonds. The van der Waals surface area contributed by atoms with E-state index in [1.54, 1.807) is 0 Å². The molecule has 0 aromatic rings. The SMILES string of the molecule is NC(CCC(=O)O)C(=O)N1CCC2CCCCC21. The molecular formula is C13H22N2O3. The van der Waals surface area contributed by atoms with E-state index in [9.17, 15) is 9.59 Å². The van der Waals surface area contributed by atoms with Crippen molar-refractivity contribution >= 4 is 11.9 Å². The van der Waals surface area contributed by atoms with Crippen LogP contribution in [0.1, 0.15) is 44.9 Å². The van der Waals surface area contributed by atoms with Crippen LogP contribution < -0.4 is 5.73 Å². The summed E-state index contributed by atoms with van der Waals surface area (Å²) >= 11 is 0. The second-order valence-corrected chi connectivity index (χ2v) is 5.47. The molecule has 1 saturated carbocycles. The van der Waals surface area contributed by atoms with Gasteiger partial charge in [0.05, 0.1) is 6.04 Å². The van der Waals surface area contributed by atoms with Crippen LogP contribution in [0.3, 0.4) is 0 Å². The van der Waals surface area contributed by atoms with Crippen LogP contribution in [0.15, 0.2) is 0 Å². The first-order chi connectivity index (χ1) is 8.59. The van der Waals surface area contributed by atoms with Gasteiger partial charge in [0.2, 0.25) is 5.91 Å². The first kappa shape index (κ1) is 13.3. The Morgan fingerprint density at radius 3 is 2.72 bits per heavy atom. The highest BCUT2D eigenvalue weighted by Gasteiger charge is 2.39. The molecule has 0 aromatic carbocycles. The Hall–Kier alpha value is -1.10. The molecule has 2 aliphatic rings.